The molecule has 13 atom stereocenters. The summed E-state index contributed by atoms with van der Waals surface area (Å²) in [5, 5.41) is 11.5. The van der Waals surface area contributed by atoms with E-state index in [1.807, 2.05) is 0 Å². The molecule has 0 heterocycles. The van der Waals surface area contributed by atoms with Gasteiger partial charge in [0.15, 0.2) is 0 Å². The minimum atomic E-state index is -5.56. The summed E-state index contributed by atoms with van der Waals surface area (Å²) in [5.74, 6) is -0.672. The standard InChI is InChI=1S/C32H56O13S3.3Na/c1-18(2)29(5,6)20(4)11-10-19(3)21-12-14-32(9)23-16-24(43-46(34,35)36)26-27(33)28(45-48(40,41)42)25(44-47(37,38)39)17-30(26,7)22(23)13-15-31(21,32)8;;;/h19-28,33H,1,10-17H2,2-9H3,(H,34,35,36)(H,37,38,39)(H,40,41,42);;;/q;3*+1/p-3/t19-,20+,21-,22+,23-,24+,25+,26+,27-,28-,30-,31-,32+;;;/m1.../s1. The average molecular weight is 811 g/mol. The molecular formula is C32H53Na3O13S3. The fourth-order valence-corrected chi connectivity index (χ4v) is 12.5. The van der Waals surface area contributed by atoms with Crippen molar-refractivity contribution in [2.75, 3.05) is 0 Å². The van der Waals surface area contributed by atoms with Crippen molar-refractivity contribution >= 4 is 31.2 Å². The Bertz CT molecular complexity index is 1580. The second kappa shape index (κ2) is 17.7. The van der Waals surface area contributed by atoms with E-state index in [1.165, 1.54) is 0 Å². The van der Waals surface area contributed by atoms with Gasteiger partial charge in [-0.3, -0.25) is 12.5 Å². The summed E-state index contributed by atoms with van der Waals surface area (Å²) in [6.45, 7) is 21.4. The molecule has 51 heavy (non-hydrogen) atoms. The summed E-state index contributed by atoms with van der Waals surface area (Å²) in [6, 6.07) is 0. The monoisotopic (exact) mass is 810 g/mol. The first-order valence-corrected chi connectivity index (χ1v) is 20.8. The summed E-state index contributed by atoms with van der Waals surface area (Å²) in [6.07, 6.45) is -2.70. The van der Waals surface area contributed by atoms with Crippen molar-refractivity contribution < 1.29 is 145 Å². The van der Waals surface area contributed by atoms with Gasteiger partial charge in [0, 0.05) is 5.92 Å². The first kappa shape index (κ1) is 51.3. The molecule has 0 aliphatic heterocycles. The molecule has 4 rings (SSSR count). The van der Waals surface area contributed by atoms with E-state index in [4.69, 9.17) is 8.37 Å². The van der Waals surface area contributed by atoms with Gasteiger partial charge in [-0.2, -0.15) is 0 Å². The van der Waals surface area contributed by atoms with Crippen LogP contribution in [0.25, 0.3) is 0 Å². The number of hydrogen-bond donors (Lipinski definition) is 1. The van der Waals surface area contributed by atoms with Crippen LogP contribution in [0.1, 0.15) is 107 Å². The molecule has 0 radical (unpaired) electrons. The molecule has 0 saturated heterocycles. The third kappa shape index (κ3) is 10.5. The van der Waals surface area contributed by atoms with Gasteiger partial charge in [-0.05, 0) is 103 Å². The van der Waals surface area contributed by atoms with Gasteiger partial charge >= 0.3 is 88.7 Å². The maximum absolute atomic E-state index is 12.1. The van der Waals surface area contributed by atoms with Crippen LogP contribution in [-0.2, 0) is 43.7 Å². The van der Waals surface area contributed by atoms with E-state index in [9.17, 15) is 44.0 Å². The van der Waals surface area contributed by atoms with Gasteiger partial charge in [0.25, 0.3) is 0 Å². The number of fused-ring (bicyclic) bond motifs is 5. The van der Waals surface area contributed by atoms with E-state index in [-0.39, 0.29) is 130 Å². The predicted molar refractivity (Wildman–Crippen MR) is 172 cm³/mol. The fourth-order valence-electron chi connectivity index (χ4n) is 11.0. The zero-order chi connectivity index (χ0) is 36.6. The van der Waals surface area contributed by atoms with Gasteiger partial charge in [0.1, 0.15) is 12.2 Å². The molecule has 0 amide bonds. The Labute approximate surface area is 372 Å². The molecule has 0 bridgehead atoms. The summed E-state index contributed by atoms with van der Waals surface area (Å²) in [5.41, 5.74) is -0.637. The fraction of sp³-hybridized carbons (Fsp3) is 0.938. The normalized spacial score (nSPS) is 39.5. The van der Waals surface area contributed by atoms with Gasteiger partial charge < -0.3 is 18.8 Å². The summed E-state index contributed by atoms with van der Waals surface area (Å²) >= 11 is 0. The maximum atomic E-state index is 12.1. The molecule has 4 aliphatic rings. The topological polar surface area (TPSA) is 220 Å². The van der Waals surface area contributed by atoms with E-state index in [0.29, 0.717) is 24.2 Å². The van der Waals surface area contributed by atoms with Crippen LogP contribution in [0.3, 0.4) is 0 Å². The first-order valence-electron chi connectivity index (χ1n) is 16.8. The Morgan fingerprint density at radius 2 is 1.31 bits per heavy atom. The zero-order valence-electron chi connectivity index (χ0n) is 32.2. The third-order valence-electron chi connectivity index (χ3n) is 14.4. The Morgan fingerprint density at radius 3 is 1.80 bits per heavy atom. The second-order valence-corrected chi connectivity index (χ2v) is 19.7. The van der Waals surface area contributed by atoms with Gasteiger partial charge in [-0.15, -0.1) is 0 Å². The molecule has 280 valence electrons. The predicted octanol–water partition coefficient (Wildman–Crippen LogP) is -4.57. The van der Waals surface area contributed by atoms with Crippen LogP contribution in [0.15, 0.2) is 12.2 Å². The Hall–Kier alpha value is 2.31. The van der Waals surface area contributed by atoms with E-state index in [1.54, 1.807) is 6.92 Å². The van der Waals surface area contributed by atoms with Crippen molar-refractivity contribution in [3.05, 3.63) is 12.2 Å². The van der Waals surface area contributed by atoms with Gasteiger partial charge in [-0.25, -0.2) is 25.3 Å². The largest absolute Gasteiger partial charge is 1.00 e. The Kier molecular flexibility index (Phi) is 17.8. The van der Waals surface area contributed by atoms with Gasteiger partial charge in [-0.1, -0.05) is 67.0 Å². The molecule has 0 spiro atoms. The van der Waals surface area contributed by atoms with E-state index < -0.39 is 66.9 Å². The van der Waals surface area contributed by atoms with Crippen LogP contribution < -0.4 is 88.7 Å². The van der Waals surface area contributed by atoms with E-state index >= 15 is 0 Å². The third-order valence-corrected chi connectivity index (χ3v) is 15.8. The van der Waals surface area contributed by atoms with Crippen LogP contribution in [0.4, 0.5) is 0 Å². The van der Waals surface area contributed by atoms with E-state index in [0.717, 1.165) is 37.7 Å². The van der Waals surface area contributed by atoms with Crippen molar-refractivity contribution in [3.63, 3.8) is 0 Å². The molecule has 1 N–H and O–H groups in total. The quantitative estimate of drug-likeness (QED) is 0.0851. The molecule has 4 aliphatic carbocycles. The molecule has 0 aromatic heterocycles. The van der Waals surface area contributed by atoms with Crippen LogP contribution in [0.5, 0.6) is 0 Å². The van der Waals surface area contributed by atoms with E-state index in [2.05, 4.69) is 59.2 Å². The first-order chi connectivity index (χ1) is 21.6. The number of aliphatic hydroxyl groups excluding tert-OH is 1. The SMILES string of the molecule is C=C(C)C(C)(C)[C@@H](C)CC[C@@H](C)[C@H]1CC[C@@]2(C)[C@@H]3C[C@H](OS(=O)(=O)[O-])[C@H]4[C@@H](O)[C@H](OS(=O)(=O)[O-])[C@@H](OS(=O)(=O)[O-])C[C@]4(C)[C@H]3CC[C@]12C.[Na+].[Na+].[Na+]. The molecule has 4 fully saturated rings. The van der Waals surface area contributed by atoms with Gasteiger partial charge in [0.05, 0.1) is 12.2 Å². The van der Waals surface area contributed by atoms with Crippen LogP contribution in [-0.4, -0.2) is 68.4 Å². The van der Waals surface area contributed by atoms with Crippen molar-refractivity contribution in [2.24, 2.45) is 57.2 Å². The summed E-state index contributed by atoms with van der Waals surface area (Å²) < 4.78 is 121. The number of aliphatic hydroxyl groups is 1. The number of hydrogen-bond acceptors (Lipinski definition) is 13. The number of rotatable bonds is 12. The number of allylic oxidation sites excluding steroid dienone is 1. The molecule has 0 aromatic carbocycles. The minimum absolute atomic E-state index is 0. The van der Waals surface area contributed by atoms with Crippen LogP contribution in [0.2, 0.25) is 0 Å². The summed E-state index contributed by atoms with van der Waals surface area (Å²) in [4.78, 5) is 0. The second-order valence-electron chi connectivity index (χ2n) is 16.7. The van der Waals surface area contributed by atoms with Crippen molar-refractivity contribution in [3.8, 4) is 0 Å². The molecule has 13 nitrogen and oxygen atoms in total. The molecule has 4 saturated carbocycles. The molecule has 19 heteroatoms. The maximum Gasteiger partial charge on any atom is 1.00 e. The van der Waals surface area contributed by atoms with Crippen molar-refractivity contribution in [1.82, 2.24) is 0 Å². The zero-order valence-corrected chi connectivity index (χ0v) is 40.7. The van der Waals surface area contributed by atoms with Crippen molar-refractivity contribution in [2.45, 2.75) is 131 Å². The molecule has 0 unspecified atom stereocenters. The molecule has 0 aromatic rings. The Morgan fingerprint density at radius 1 is 0.824 bits per heavy atom. The summed E-state index contributed by atoms with van der Waals surface area (Å²) in [7, 11) is -16.4. The minimum Gasteiger partial charge on any atom is -0.726 e. The van der Waals surface area contributed by atoms with Crippen molar-refractivity contribution in [1.29, 1.82) is 0 Å². The average Bonchev–Trinajstić information content (AvgIpc) is 3.18. The van der Waals surface area contributed by atoms with Crippen LogP contribution in [0, 0.1) is 57.2 Å². The molecular weight excluding hydrogens is 758 g/mol. The smallest absolute Gasteiger partial charge is 0.726 e. The van der Waals surface area contributed by atoms with Gasteiger partial charge in [0.2, 0.25) is 31.2 Å². The Balaban J connectivity index is 0.00000433. The van der Waals surface area contributed by atoms with Crippen LogP contribution >= 0.6 is 0 Å².